The molecule has 10 heavy (non-hydrogen) atoms. The van der Waals surface area contributed by atoms with E-state index in [-0.39, 0.29) is 32.7 Å². The molecule has 0 saturated heterocycles. The van der Waals surface area contributed by atoms with Crippen molar-refractivity contribution in [3.8, 4) is 0 Å². The zero-order valence-electron chi connectivity index (χ0n) is 5.46. The Bertz CT molecular complexity index is 283. The molecule has 1 aromatic carbocycles. The van der Waals surface area contributed by atoms with Gasteiger partial charge < -0.3 is 4.98 Å². The van der Waals surface area contributed by atoms with Crippen molar-refractivity contribution in [3.63, 3.8) is 0 Å². The van der Waals surface area contributed by atoms with Crippen LogP contribution >= 0.6 is 0 Å². The second kappa shape index (κ2) is 3.31. The first-order chi connectivity index (χ1) is 4.47. The quantitative estimate of drug-likeness (QED) is 0.633. The first-order valence-corrected chi connectivity index (χ1v) is 2.90. The summed E-state index contributed by atoms with van der Waals surface area (Å²) in [6.45, 7) is 0. The summed E-state index contributed by atoms with van der Waals surface area (Å²) >= 11 is 0. The van der Waals surface area contributed by atoms with E-state index in [2.05, 4.69) is 11.1 Å². The second-order valence-electron chi connectivity index (χ2n) is 1.99. The third-order valence-corrected chi connectivity index (χ3v) is 1.40. The molecule has 0 bridgehead atoms. The van der Waals surface area contributed by atoms with E-state index in [1.807, 2.05) is 30.5 Å². The predicted molar refractivity (Wildman–Crippen MR) is 37.1 cm³/mol. The third kappa shape index (κ3) is 1.30. The molecule has 0 unspecified atom stereocenters. The van der Waals surface area contributed by atoms with E-state index in [0.29, 0.717) is 0 Å². The molecule has 0 atom stereocenters. The fourth-order valence-corrected chi connectivity index (χ4v) is 0.934. The van der Waals surface area contributed by atoms with Crippen LogP contribution in [0.15, 0.2) is 30.5 Å². The van der Waals surface area contributed by atoms with Crippen molar-refractivity contribution in [2.24, 2.45) is 0 Å². The molecule has 1 nitrogen and oxygen atoms in total. The van der Waals surface area contributed by atoms with Gasteiger partial charge in [0.15, 0.2) is 0 Å². The molecule has 1 N–H and O–H groups in total. The van der Waals surface area contributed by atoms with Crippen LogP contribution in [-0.2, 0) is 32.7 Å². The van der Waals surface area contributed by atoms with Gasteiger partial charge in [-0.25, -0.2) is 0 Å². The zero-order valence-corrected chi connectivity index (χ0v) is 8.30. The van der Waals surface area contributed by atoms with Crippen LogP contribution < -0.4 is 0 Å². The molecule has 0 saturated carbocycles. The minimum absolute atomic E-state index is 0. The van der Waals surface area contributed by atoms with Gasteiger partial charge in [0.05, 0.1) is 0 Å². The Kier molecular flexibility index (Phi) is 2.64. The normalized spacial score (nSPS) is 9.20. The van der Waals surface area contributed by atoms with Crippen molar-refractivity contribution in [2.45, 2.75) is 0 Å². The first kappa shape index (κ1) is 7.97. The Morgan fingerprint density at radius 3 is 3.00 bits per heavy atom. The molecule has 1 aromatic heterocycles. The molecule has 0 spiro atoms. The van der Waals surface area contributed by atoms with Gasteiger partial charge in [-0.3, -0.25) is 0 Å². The molecule has 2 heteroatoms. The number of rotatable bonds is 0. The number of benzene rings is 1. The van der Waals surface area contributed by atoms with E-state index in [1.165, 1.54) is 5.39 Å². The third-order valence-electron chi connectivity index (χ3n) is 1.40. The Balaban J connectivity index is 0.000000500. The number of hydrogen-bond acceptors (Lipinski definition) is 0. The average molecular weight is 205 g/mol. The van der Waals surface area contributed by atoms with Crippen LogP contribution in [0.1, 0.15) is 0 Å². The number of fused-ring (bicyclic) bond motifs is 1. The van der Waals surface area contributed by atoms with E-state index in [4.69, 9.17) is 0 Å². The van der Waals surface area contributed by atoms with Crippen LogP contribution in [0, 0.1) is 6.07 Å². The van der Waals surface area contributed by atoms with Gasteiger partial charge in [-0.2, -0.15) is 24.3 Å². The van der Waals surface area contributed by atoms with Crippen LogP contribution in [-0.4, -0.2) is 4.98 Å². The maximum absolute atomic E-state index is 3.09. The molecule has 1 radical (unpaired) electrons. The van der Waals surface area contributed by atoms with Gasteiger partial charge in [0, 0.05) is 32.7 Å². The van der Waals surface area contributed by atoms with Gasteiger partial charge in [-0.05, 0) is 6.20 Å². The van der Waals surface area contributed by atoms with Gasteiger partial charge in [0.1, 0.15) is 0 Å². The predicted octanol–water partition coefficient (Wildman–Crippen LogP) is 1.97. The molecular formula is C8H6NY-. The zero-order chi connectivity index (χ0) is 6.10. The molecule has 0 aliphatic carbocycles. The Morgan fingerprint density at radius 1 is 1.30 bits per heavy atom. The molecule has 0 amide bonds. The van der Waals surface area contributed by atoms with Crippen LogP contribution in [0.4, 0.5) is 0 Å². The molecule has 0 fully saturated rings. The summed E-state index contributed by atoms with van der Waals surface area (Å²) in [6, 6.07) is 10.9. The van der Waals surface area contributed by atoms with Crippen LogP contribution in [0.25, 0.3) is 10.9 Å². The summed E-state index contributed by atoms with van der Waals surface area (Å²) < 4.78 is 0. The number of aromatic amines is 1. The largest absolute Gasteiger partial charge is 0.414 e. The minimum atomic E-state index is 0. The molecular weight excluding hydrogens is 199 g/mol. The minimum Gasteiger partial charge on any atom is -0.414 e. The van der Waals surface area contributed by atoms with Crippen molar-refractivity contribution in [1.29, 1.82) is 0 Å². The van der Waals surface area contributed by atoms with Crippen LogP contribution in [0.2, 0.25) is 0 Å². The van der Waals surface area contributed by atoms with Gasteiger partial charge in [0.25, 0.3) is 0 Å². The maximum Gasteiger partial charge on any atom is 0 e. The maximum atomic E-state index is 3.09. The fraction of sp³-hybridized carbons (Fsp3) is 0. The Hall–Kier alpha value is -0.136. The Morgan fingerprint density at radius 2 is 2.20 bits per heavy atom. The molecule has 0 aliphatic rings. The summed E-state index contributed by atoms with van der Waals surface area (Å²) in [5.41, 5.74) is 1.15. The SMILES string of the molecule is [Y].[c-]1ccc2cc[nH]c2c1. The topological polar surface area (TPSA) is 15.8 Å². The second-order valence-corrected chi connectivity index (χ2v) is 1.99. The van der Waals surface area contributed by atoms with Crippen molar-refractivity contribution in [3.05, 3.63) is 36.5 Å². The average Bonchev–Trinajstić information content (AvgIpc) is 2.33. The number of nitrogens with one attached hydrogen (secondary N) is 1. The van der Waals surface area contributed by atoms with E-state index in [0.717, 1.165) is 5.52 Å². The smallest absolute Gasteiger partial charge is 0 e. The first-order valence-electron chi connectivity index (χ1n) is 2.90. The van der Waals surface area contributed by atoms with Crippen molar-refractivity contribution in [1.82, 2.24) is 4.98 Å². The number of H-pyrrole nitrogens is 1. The van der Waals surface area contributed by atoms with E-state index >= 15 is 0 Å². The number of hydrogen-bond donors (Lipinski definition) is 1. The summed E-state index contributed by atoms with van der Waals surface area (Å²) in [6.07, 6.45) is 1.93. The van der Waals surface area contributed by atoms with Gasteiger partial charge >= 0.3 is 0 Å². The molecule has 2 rings (SSSR count). The summed E-state index contributed by atoms with van der Waals surface area (Å²) in [4.78, 5) is 3.09. The standard InChI is InChI=1S/C8H6N.Y/c1-2-4-8-7(3-1)5-6-9-8;/h1,3-6,9H;/q-1;. The fourth-order valence-electron chi connectivity index (χ4n) is 0.934. The van der Waals surface area contributed by atoms with Crippen molar-refractivity contribution in [2.75, 3.05) is 0 Å². The van der Waals surface area contributed by atoms with E-state index in [1.54, 1.807) is 0 Å². The molecule has 47 valence electrons. The van der Waals surface area contributed by atoms with Gasteiger partial charge in [-0.1, -0.05) is 11.6 Å². The van der Waals surface area contributed by atoms with Crippen LogP contribution in [0.5, 0.6) is 0 Å². The van der Waals surface area contributed by atoms with Gasteiger partial charge in [0.2, 0.25) is 0 Å². The van der Waals surface area contributed by atoms with Crippen molar-refractivity contribution < 1.29 is 32.7 Å². The summed E-state index contributed by atoms with van der Waals surface area (Å²) in [5, 5.41) is 1.24. The van der Waals surface area contributed by atoms with E-state index in [9.17, 15) is 0 Å². The summed E-state index contributed by atoms with van der Waals surface area (Å²) in [7, 11) is 0. The van der Waals surface area contributed by atoms with Crippen LogP contribution in [0.3, 0.4) is 0 Å². The molecule has 0 aliphatic heterocycles. The number of aromatic nitrogens is 1. The van der Waals surface area contributed by atoms with Gasteiger partial charge in [-0.15, -0.1) is 5.39 Å². The monoisotopic (exact) mass is 205 g/mol. The van der Waals surface area contributed by atoms with E-state index < -0.39 is 0 Å². The van der Waals surface area contributed by atoms with Crippen molar-refractivity contribution >= 4 is 10.9 Å². The molecule has 2 aromatic rings. The molecule has 1 heterocycles. The Labute approximate surface area is 84.7 Å². The summed E-state index contributed by atoms with van der Waals surface area (Å²) in [5.74, 6) is 0.